The zero-order chi connectivity index (χ0) is 14.5. The van der Waals surface area contributed by atoms with E-state index < -0.39 is 0 Å². The highest BCUT2D eigenvalue weighted by Crippen LogP contribution is 2.34. The highest BCUT2D eigenvalue weighted by Gasteiger charge is 2.09. The van der Waals surface area contributed by atoms with E-state index in [-0.39, 0.29) is 12.4 Å². The number of nitrogens with zero attached hydrogens (tertiary/aromatic N) is 1. The third-order valence-corrected chi connectivity index (χ3v) is 3.09. The average Bonchev–Trinajstić information content (AvgIpc) is 2.40. The molecule has 0 aromatic heterocycles. The van der Waals surface area contributed by atoms with Gasteiger partial charge in [-0.2, -0.15) is 0 Å². The standard InChI is InChI=1S/C14H10Cl2FNO2/c15-12-5-10(7-18-19)6-13(16)14(12)20-8-9-1-3-11(17)4-2-9/h1-7,19H,8H2/b18-7-. The minimum absolute atomic E-state index is 0.215. The molecule has 2 aromatic carbocycles. The van der Waals surface area contributed by atoms with Crippen molar-refractivity contribution in [2.75, 3.05) is 0 Å². The Morgan fingerprint density at radius 1 is 1.15 bits per heavy atom. The van der Waals surface area contributed by atoms with Crippen LogP contribution in [0.3, 0.4) is 0 Å². The highest BCUT2D eigenvalue weighted by molar-refractivity contribution is 6.37. The van der Waals surface area contributed by atoms with E-state index in [1.165, 1.54) is 18.3 Å². The second kappa shape index (κ2) is 6.59. The van der Waals surface area contributed by atoms with Gasteiger partial charge in [-0.3, -0.25) is 0 Å². The normalized spacial score (nSPS) is 10.9. The number of halogens is 3. The fourth-order valence-corrected chi connectivity index (χ4v) is 2.21. The van der Waals surface area contributed by atoms with Crippen molar-refractivity contribution in [2.24, 2.45) is 5.16 Å². The van der Waals surface area contributed by atoms with Gasteiger partial charge < -0.3 is 9.94 Å². The first kappa shape index (κ1) is 14.6. The number of rotatable bonds is 4. The van der Waals surface area contributed by atoms with Gasteiger partial charge in [0.2, 0.25) is 0 Å². The van der Waals surface area contributed by atoms with E-state index in [0.717, 1.165) is 5.56 Å². The Kier molecular flexibility index (Phi) is 4.82. The molecule has 20 heavy (non-hydrogen) atoms. The van der Waals surface area contributed by atoms with Crippen LogP contribution in [0.4, 0.5) is 4.39 Å². The van der Waals surface area contributed by atoms with Gasteiger partial charge in [0.15, 0.2) is 5.75 Å². The summed E-state index contributed by atoms with van der Waals surface area (Å²) in [5.41, 5.74) is 1.34. The first-order chi connectivity index (χ1) is 9.60. The molecular formula is C14H10Cl2FNO2. The molecule has 0 fully saturated rings. The summed E-state index contributed by atoms with van der Waals surface area (Å²) in [6.07, 6.45) is 1.21. The molecule has 0 saturated heterocycles. The average molecular weight is 314 g/mol. The Balaban J connectivity index is 2.15. The van der Waals surface area contributed by atoms with E-state index in [4.69, 9.17) is 33.1 Å². The molecule has 2 aromatic rings. The molecule has 0 aliphatic heterocycles. The van der Waals surface area contributed by atoms with E-state index >= 15 is 0 Å². The van der Waals surface area contributed by atoms with Crippen molar-refractivity contribution in [3.8, 4) is 5.75 Å². The van der Waals surface area contributed by atoms with Crippen LogP contribution in [0.25, 0.3) is 0 Å². The lowest BCUT2D eigenvalue weighted by Crippen LogP contribution is -1.97. The van der Waals surface area contributed by atoms with E-state index in [0.29, 0.717) is 21.4 Å². The first-order valence-electron chi connectivity index (χ1n) is 5.64. The minimum Gasteiger partial charge on any atom is -0.486 e. The molecule has 0 amide bonds. The lowest BCUT2D eigenvalue weighted by atomic mass is 10.2. The van der Waals surface area contributed by atoms with Crippen molar-refractivity contribution in [3.63, 3.8) is 0 Å². The van der Waals surface area contributed by atoms with Gasteiger partial charge in [-0.25, -0.2) is 4.39 Å². The van der Waals surface area contributed by atoms with Crippen molar-refractivity contribution in [1.29, 1.82) is 0 Å². The summed E-state index contributed by atoms with van der Waals surface area (Å²) in [7, 11) is 0. The fraction of sp³-hybridized carbons (Fsp3) is 0.0714. The van der Waals surface area contributed by atoms with Gasteiger partial charge in [0, 0.05) is 0 Å². The van der Waals surface area contributed by atoms with Crippen molar-refractivity contribution in [1.82, 2.24) is 0 Å². The van der Waals surface area contributed by atoms with Crippen molar-refractivity contribution in [3.05, 3.63) is 63.4 Å². The molecular weight excluding hydrogens is 304 g/mol. The molecule has 1 N–H and O–H groups in total. The van der Waals surface area contributed by atoms with Gasteiger partial charge in [-0.05, 0) is 35.4 Å². The van der Waals surface area contributed by atoms with E-state index in [1.54, 1.807) is 24.3 Å². The van der Waals surface area contributed by atoms with E-state index in [2.05, 4.69) is 5.16 Å². The molecule has 0 heterocycles. The molecule has 3 nitrogen and oxygen atoms in total. The quantitative estimate of drug-likeness (QED) is 0.512. The molecule has 0 aliphatic rings. The lowest BCUT2D eigenvalue weighted by Gasteiger charge is -2.10. The third kappa shape index (κ3) is 3.62. The summed E-state index contributed by atoms with van der Waals surface area (Å²) < 4.78 is 18.3. The van der Waals surface area contributed by atoms with Crippen LogP contribution in [0.2, 0.25) is 10.0 Å². The van der Waals surface area contributed by atoms with Crippen molar-refractivity contribution >= 4 is 29.4 Å². The SMILES string of the molecule is O/N=C\c1cc(Cl)c(OCc2ccc(F)cc2)c(Cl)c1. The van der Waals surface area contributed by atoms with Gasteiger partial charge in [0.25, 0.3) is 0 Å². The molecule has 0 atom stereocenters. The van der Waals surface area contributed by atoms with Crippen LogP contribution < -0.4 is 4.74 Å². The first-order valence-corrected chi connectivity index (χ1v) is 6.39. The molecule has 0 radical (unpaired) electrons. The topological polar surface area (TPSA) is 41.8 Å². The monoisotopic (exact) mass is 313 g/mol. The summed E-state index contributed by atoms with van der Waals surface area (Å²) in [6, 6.07) is 9.06. The summed E-state index contributed by atoms with van der Waals surface area (Å²) in [6.45, 7) is 0.215. The van der Waals surface area contributed by atoms with Crippen molar-refractivity contribution < 1.29 is 14.3 Å². The Bertz CT molecular complexity index is 607. The molecule has 2 rings (SSSR count). The Morgan fingerprint density at radius 3 is 2.30 bits per heavy atom. The largest absolute Gasteiger partial charge is 0.486 e. The molecule has 0 saturated carbocycles. The van der Waals surface area contributed by atoms with Crippen LogP contribution in [-0.4, -0.2) is 11.4 Å². The molecule has 0 bridgehead atoms. The summed E-state index contributed by atoms with van der Waals surface area (Å²) >= 11 is 12.1. The Labute approximate surface area is 125 Å². The lowest BCUT2D eigenvalue weighted by molar-refractivity contribution is 0.306. The van der Waals surface area contributed by atoms with Crippen molar-refractivity contribution in [2.45, 2.75) is 6.61 Å². The Hall–Kier alpha value is -1.78. The van der Waals surface area contributed by atoms with Gasteiger partial charge in [-0.1, -0.05) is 40.5 Å². The van der Waals surface area contributed by atoms with E-state index in [9.17, 15) is 4.39 Å². The highest BCUT2D eigenvalue weighted by atomic mass is 35.5. The van der Waals surface area contributed by atoms with Crippen LogP contribution in [0, 0.1) is 5.82 Å². The van der Waals surface area contributed by atoms with Crippen LogP contribution in [0.1, 0.15) is 11.1 Å². The predicted molar refractivity (Wildman–Crippen MR) is 76.6 cm³/mol. The molecule has 0 spiro atoms. The minimum atomic E-state index is -0.308. The second-order valence-electron chi connectivity index (χ2n) is 3.97. The maximum atomic E-state index is 12.8. The zero-order valence-electron chi connectivity index (χ0n) is 10.2. The van der Waals surface area contributed by atoms with Crippen LogP contribution in [0.15, 0.2) is 41.6 Å². The maximum absolute atomic E-state index is 12.8. The second-order valence-corrected chi connectivity index (χ2v) is 4.79. The summed E-state index contributed by atoms with van der Waals surface area (Å²) in [4.78, 5) is 0. The summed E-state index contributed by atoms with van der Waals surface area (Å²) in [5.74, 6) is 0.0187. The molecule has 0 unspecified atom stereocenters. The maximum Gasteiger partial charge on any atom is 0.157 e. The fourth-order valence-electron chi connectivity index (χ4n) is 1.59. The zero-order valence-corrected chi connectivity index (χ0v) is 11.7. The number of hydrogen-bond donors (Lipinski definition) is 1. The van der Waals surface area contributed by atoms with Crippen LogP contribution in [-0.2, 0) is 6.61 Å². The van der Waals surface area contributed by atoms with Crippen LogP contribution >= 0.6 is 23.2 Å². The number of oxime groups is 1. The van der Waals surface area contributed by atoms with Gasteiger partial charge >= 0.3 is 0 Å². The van der Waals surface area contributed by atoms with Gasteiger partial charge in [-0.15, -0.1) is 0 Å². The predicted octanol–water partition coefficient (Wildman–Crippen LogP) is 4.52. The van der Waals surface area contributed by atoms with E-state index in [1.807, 2.05) is 0 Å². The third-order valence-electron chi connectivity index (χ3n) is 2.52. The summed E-state index contributed by atoms with van der Waals surface area (Å²) in [5, 5.41) is 12.0. The van der Waals surface area contributed by atoms with Gasteiger partial charge in [0.05, 0.1) is 16.3 Å². The number of hydrogen-bond acceptors (Lipinski definition) is 3. The Morgan fingerprint density at radius 2 is 1.75 bits per heavy atom. The number of benzene rings is 2. The molecule has 0 aliphatic carbocycles. The van der Waals surface area contributed by atoms with Crippen LogP contribution in [0.5, 0.6) is 5.75 Å². The molecule has 104 valence electrons. The van der Waals surface area contributed by atoms with Gasteiger partial charge in [0.1, 0.15) is 12.4 Å². The smallest absolute Gasteiger partial charge is 0.157 e. The molecule has 6 heteroatoms. The number of ether oxygens (including phenoxy) is 1.